The van der Waals surface area contributed by atoms with E-state index in [1.165, 1.54) is 0 Å². The van der Waals surface area contributed by atoms with Gasteiger partial charge in [-0.3, -0.25) is 0 Å². The molecule has 1 fully saturated rings. The normalized spacial score (nSPS) is 18.7. The molecule has 2 aromatic rings. The Morgan fingerprint density at radius 3 is 2.64 bits per heavy atom. The van der Waals surface area contributed by atoms with Crippen LogP contribution in [0.25, 0.3) is 6.08 Å². The molecule has 5 nitrogen and oxygen atoms in total. The van der Waals surface area contributed by atoms with Gasteiger partial charge in [-0.15, -0.1) is 0 Å². The molecule has 1 unspecified atom stereocenters. The number of likely N-dealkylation sites (tertiary alicyclic amines) is 1. The third-order valence-corrected chi connectivity index (χ3v) is 5.87. The predicted molar refractivity (Wildman–Crippen MR) is 137 cm³/mol. The summed E-state index contributed by atoms with van der Waals surface area (Å²) in [6, 6.07) is 12.4. The van der Waals surface area contributed by atoms with Gasteiger partial charge in [-0.25, -0.2) is 4.39 Å². The summed E-state index contributed by atoms with van der Waals surface area (Å²) < 4.78 is 58.8. The van der Waals surface area contributed by atoms with Crippen LogP contribution >= 0.6 is 0 Å². The largest absolute Gasteiger partial charge is 0.495 e. The first-order chi connectivity index (χ1) is 17.2. The van der Waals surface area contributed by atoms with Crippen LogP contribution < -0.4 is 20.7 Å². The van der Waals surface area contributed by atoms with Gasteiger partial charge in [-0.2, -0.15) is 13.2 Å². The number of nitrogens with zero attached hydrogens (tertiary/aromatic N) is 1. The van der Waals surface area contributed by atoms with Crippen molar-refractivity contribution in [2.75, 3.05) is 51.0 Å². The van der Waals surface area contributed by atoms with Crippen molar-refractivity contribution in [1.82, 2.24) is 10.2 Å². The Labute approximate surface area is 209 Å². The van der Waals surface area contributed by atoms with Gasteiger partial charge >= 0.3 is 6.18 Å². The van der Waals surface area contributed by atoms with E-state index in [0.717, 1.165) is 17.8 Å². The number of alkyl halides is 4. The summed E-state index contributed by atoms with van der Waals surface area (Å²) in [4.78, 5) is 1.94. The highest BCUT2D eigenvalue weighted by atomic mass is 19.4. The van der Waals surface area contributed by atoms with E-state index in [2.05, 4.69) is 27.8 Å². The van der Waals surface area contributed by atoms with Crippen LogP contribution in [0.2, 0.25) is 0 Å². The maximum atomic E-state index is 14.6. The van der Waals surface area contributed by atoms with E-state index in [0.29, 0.717) is 30.0 Å². The van der Waals surface area contributed by atoms with Gasteiger partial charge in [-0.05, 0) is 56.2 Å². The number of benzene rings is 2. The summed E-state index contributed by atoms with van der Waals surface area (Å²) in [5.41, 5.74) is 3.01. The summed E-state index contributed by atoms with van der Waals surface area (Å²) in [6.45, 7) is 1.93. The smallest absolute Gasteiger partial charge is 0.405 e. The number of piperidine rings is 1. The molecule has 0 radical (unpaired) electrons. The molecule has 1 aliphatic rings. The zero-order valence-electron chi connectivity index (χ0n) is 20.7. The molecule has 2 aromatic carbocycles. The summed E-state index contributed by atoms with van der Waals surface area (Å²) in [6.07, 6.45) is -3.24. The summed E-state index contributed by atoms with van der Waals surface area (Å²) in [7, 11) is 3.43. The van der Waals surface area contributed by atoms with E-state index in [1.807, 2.05) is 55.3 Å². The minimum atomic E-state index is -4.40. The quantitative estimate of drug-likeness (QED) is 0.346. The molecule has 36 heavy (non-hydrogen) atoms. The lowest BCUT2D eigenvalue weighted by molar-refractivity contribution is -0.123. The molecule has 0 aliphatic carbocycles. The molecule has 1 aliphatic heterocycles. The minimum absolute atomic E-state index is 0.117. The number of hydrogen-bond donors (Lipinski definition) is 3. The van der Waals surface area contributed by atoms with Gasteiger partial charge < -0.3 is 25.6 Å². The Morgan fingerprint density at radius 1 is 1.17 bits per heavy atom. The van der Waals surface area contributed by atoms with Gasteiger partial charge in [0.15, 0.2) is 0 Å². The minimum Gasteiger partial charge on any atom is -0.495 e. The second kappa shape index (κ2) is 12.5. The Morgan fingerprint density at radius 2 is 1.92 bits per heavy atom. The Bertz CT molecular complexity index is 1110. The van der Waals surface area contributed by atoms with E-state index >= 15 is 0 Å². The second-order valence-electron chi connectivity index (χ2n) is 8.74. The number of aryl methyl sites for hydroxylation is 1. The summed E-state index contributed by atoms with van der Waals surface area (Å²) in [5.74, 6) is 6.32. The van der Waals surface area contributed by atoms with Gasteiger partial charge in [0.2, 0.25) is 0 Å². The standard InChI is InChI=1S/C27H32F4N4O/c1-19-8-6-11-23(34-24-13-15-35(2)17-22(24)28)21(19)16-20(33-18-27(29,30)31)9-7-14-32-25-10-4-5-12-26(25)36-3/h4-6,8,10-12,16,22,24,32-34H,13-15,17-18H2,1-3H3/b20-16-/t22?,24-/m1/s1. The van der Waals surface area contributed by atoms with Crippen LogP contribution in [0, 0.1) is 18.8 Å². The molecule has 0 spiro atoms. The fourth-order valence-electron chi connectivity index (χ4n) is 3.96. The molecule has 0 bridgehead atoms. The molecule has 194 valence electrons. The second-order valence-corrected chi connectivity index (χ2v) is 8.74. The number of rotatable bonds is 8. The number of para-hydroxylation sites is 2. The third kappa shape index (κ3) is 8.09. The average Bonchev–Trinajstić information content (AvgIpc) is 2.83. The molecular weight excluding hydrogens is 472 g/mol. The van der Waals surface area contributed by atoms with Gasteiger partial charge in [0, 0.05) is 24.3 Å². The number of anilines is 2. The van der Waals surface area contributed by atoms with Crippen molar-refractivity contribution in [1.29, 1.82) is 0 Å². The number of halogens is 4. The van der Waals surface area contributed by atoms with Crippen LogP contribution in [0.1, 0.15) is 17.5 Å². The molecule has 2 atom stereocenters. The van der Waals surface area contributed by atoms with Crippen molar-refractivity contribution >= 4 is 17.5 Å². The first-order valence-corrected chi connectivity index (χ1v) is 11.7. The molecule has 3 rings (SSSR count). The number of nitrogens with one attached hydrogen (secondary N) is 3. The molecule has 3 N–H and O–H groups in total. The SMILES string of the molecule is COc1ccccc1NCC#C/C(=C/c1c(C)cccc1N[C@@H]1CCN(C)CC1F)NCC(F)(F)F. The maximum absolute atomic E-state index is 14.6. The third-order valence-electron chi connectivity index (χ3n) is 5.87. The maximum Gasteiger partial charge on any atom is 0.405 e. The number of allylic oxidation sites excluding steroid dienone is 1. The van der Waals surface area contributed by atoms with E-state index in [1.54, 1.807) is 19.3 Å². The van der Waals surface area contributed by atoms with Crippen LogP contribution in [-0.4, -0.2) is 63.6 Å². The summed E-state index contributed by atoms with van der Waals surface area (Å²) in [5, 5.41) is 8.78. The first-order valence-electron chi connectivity index (χ1n) is 11.7. The van der Waals surface area contributed by atoms with Crippen LogP contribution in [0.4, 0.5) is 28.9 Å². The molecule has 1 saturated heterocycles. The molecule has 0 amide bonds. The van der Waals surface area contributed by atoms with Crippen molar-refractivity contribution in [2.24, 2.45) is 0 Å². The van der Waals surface area contributed by atoms with Crippen molar-refractivity contribution in [2.45, 2.75) is 31.7 Å². The molecule has 9 heteroatoms. The van der Waals surface area contributed by atoms with Crippen molar-refractivity contribution in [3.05, 3.63) is 59.3 Å². The van der Waals surface area contributed by atoms with Gasteiger partial charge in [0.1, 0.15) is 18.5 Å². The van der Waals surface area contributed by atoms with E-state index in [4.69, 9.17) is 4.74 Å². The first kappa shape index (κ1) is 27.2. The van der Waals surface area contributed by atoms with Crippen molar-refractivity contribution in [3.8, 4) is 17.6 Å². The Hall–Kier alpha value is -3.38. The lowest BCUT2D eigenvalue weighted by Crippen LogP contribution is -2.46. The highest BCUT2D eigenvalue weighted by molar-refractivity contribution is 5.73. The van der Waals surface area contributed by atoms with Gasteiger partial charge in [0.25, 0.3) is 0 Å². The highest BCUT2D eigenvalue weighted by Crippen LogP contribution is 2.26. The topological polar surface area (TPSA) is 48.6 Å². The van der Waals surface area contributed by atoms with E-state index < -0.39 is 18.9 Å². The lowest BCUT2D eigenvalue weighted by atomic mass is 10.00. The number of methoxy groups -OCH3 is 1. The van der Waals surface area contributed by atoms with E-state index in [-0.39, 0.29) is 18.3 Å². The Kier molecular flexibility index (Phi) is 9.48. The Balaban J connectivity index is 1.83. The van der Waals surface area contributed by atoms with Crippen LogP contribution in [0.5, 0.6) is 5.75 Å². The molecular formula is C27H32F4N4O. The van der Waals surface area contributed by atoms with Crippen LogP contribution in [0.15, 0.2) is 48.2 Å². The van der Waals surface area contributed by atoms with Crippen molar-refractivity contribution in [3.63, 3.8) is 0 Å². The monoisotopic (exact) mass is 504 g/mol. The van der Waals surface area contributed by atoms with Gasteiger partial charge in [0.05, 0.1) is 31.1 Å². The van der Waals surface area contributed by atoms with Gasteiger partial charge in [-0.1, -0.05) is 30.2 Å². The van der Waals surface area contributed by atoms with E-state index in [9.17, 15) is 17.6 Å². The molecule has 0 aromatic heterocycles. The predicted octanol–water partition coefficient (Wildman–Crippen LogP) is 5.07. The zero-order valence-corrected chi connectivity index (χ0v) is 20.7. The fraction of sp³-hybridized carbons (Fsp3) is 0.407. The molecule has 1 heterocycles. The highest BCUT2D eigenvalue weighted by Gasteiger charge is 2.28. The average molecular weight is 505 g/mol. The van der Waals surface area contributed by atoms with Crippen LogP contribution in [0.3, 0.4) is 0 Å². The van der Waals surface area contributed by atoms with Crippen molar-refractivity contribution < 1.29 is 22.3 Å². The van der Waals surface area contributed by atoms with Crippen LogP contribution in [-0.2, 0) is 0 Å². The summed E-state index contributed by atoms with van der Waals surface area (Å²) >= 11 is 0. The zero-order chi connectivity index (χ0) is 26.1. The number of ether oxygens (including phenoxy) is 1. The number of hydrogen-bond acceptors (Lipinski definition) is 5. The molecule has 0 saturated carbocycles. The fourth-order valence-corrected chi connectivity index (χ4v) is 3.96. The lowest BCUT2D eigenvalue weighted by Gasteiger charge is -2.33.